The van der Waals surface area contributed by atoms with Gasteiger partial charge in [0, 0.05) is 13.1 Å². The standard InChI is InChI=1S/C17H23N3O6S/c1-3-4-8-18-17(23)19-15(21)11-26-16(22)13-5-6-14-12(10-13)7-9-20(14)27(2,24)25/h5-6,10H,3-4,7-9,11H2,1-2H3,(H2,18,19,21,23). The van der Waals surface area contributed by atoms with Gasteiger partial charge in [-0.3, -0.25) is 14.4 Å². The number of imide groups is 1. The molecule has 9 nitrogen and oxygen atoms in total. The van der Waals surface area contributed by atoms with Crippen LogP contribution in [0.5, 0.6) is 0 Å². The van der Waals surface area contributed by atoms with E-state index in [0.717, 1.165) is 24.7 Å². The van der Waals surface area contributed by atoms with Gasteiger partial charge in [-0.1, -0.05) is 13.3 Å². The molecule has 3 amide bonds. The summed E-state index contributed by atoms with van der Waals surface area (Å²) in [7, 11) is -3.36. The highest BCUT2D eigenvalue weighted by atomic mass is 32.2. The van der Waals surface area contributed by atoms with E-state index in [1.165, 1.54) is 10.4 Å². The lowest BCUT2D eigenvalue weighted by Gasteiger charge is -2.16. The predicted molar refractivity (Wildman–Crippen MR) is 99.1 cm³/mol. The van der Waals surface area contributed by atoms with Crippen molar-refractivity contribution in [3.63, 3.8) is 0 Å². The van der Waals surface area contributed by atoms with Gasteiger partial charge >= 0.3 is 12.0 Å². The predicted octanol–water partition coefficient (Wildman–Crippen LogP) is 0.791. The zero-order valence-electron chi connectivity index (χ0n) is 15.3. The molecular weight excluding hydrogens is 374 g/mol. The molecule has 0 aliphatic carbocycles. The summed E-state index contributed by atoms with van der Waals surface area (Å²) < 4.78 is 29.6. The number of amides is 3. The fraction of sp³-hybridized carbons (Fsp3) is 0.471. The van der Waals surface area contributed by atoms with Gasteiger partial charge in [-0.2, -0.15) is 0 Å². The van der Waals surface area contributed by atoms with Gasteiger partial charge in [-0.15, -0.1) is 0 Å². The lowest BCUT2D eigenvalue weighted by molar-refractivity contribution is -0.123. The molecule has 27 heavy (non-hydrogen) atoms. The average Bonchev–Trinajstić information content (AvgIpc) is 3.03. The minimum absolute atomic E-state index is 0.212. The molecule has 1 aromatic rings. The molecule has 0 fully saturated rings. The Morgan fingerprint density at radius 2 is 2.00 bits per heavy atom. The molecule has 0 atom stereocenters. The summed E-state index contributed by atoms with van der Waals surface area (Å²) in [6.45, 7) is 2.16. The van der Waals surface area contributed by atoms with Crippen molar-refractivity contribution in [2.45, 2.75) is 26.2 Å². The number of unbranched alkanes of at least 4 members (excludes halogenated alkanes) is 1. The van der Waals surface area contributed by atoms with Crippen LogP contribution in [-0.2, 0) is 26.0 Å². The summed E-state index contributed by atoms with van der Waals surface area (Å²) >= 11 is 0. The van der Waals surface area contributed by atoms with Crippen LogP contribution in [0.3, 0.4) is 0 Å². The van der Waals surface area contributed by atoms with Gasteiger partial charge < -0.3 is 10.1 Å². The first-order valence-corrected chi connectivity index (χ1v) is 10.4. The van der Waals surface area contributed by atoms with E-state index in [9.17, 15) is 22.8 Å². The molecule has 0 saturated carbocycles. The minimum Gasteiger partial charge on any atom is -0.452 e. The van der Waals surface area contributed by atoms with Crippen molar-refractivity contribution in [1.29, 1.82) is 0 Å². The van der Waals surface area contributed by atoms with Crippen LogP contribution in [0, 0.1) is 0 Å². The lowest BCUT2D eigenvalue weighted by atomic mass is 10.1. The average molecular weight is 397 g/mol. The third kappa shape index (κ3) is 5.68. The van der Waals surface area contributed by atoms with Crippen LogP contribution in [0.1, 0.15) is 35.7 Å². The number of carbonyl (C=O) groups excluding carboxylic acids is 3. The zero-order valence-corrected chi connectivity index (χ0v) is 16.1. The zero-order chi connectivity index (χ0) is 20.0. The van der Waals surface area contributed by atoms with Gasteiger partial charge in [0.25, 0.3) is 5.91 Å². The summed E-state index contributed by atoms with van der Waals surface area (Å²) in [5.74, 6) is -1.46. The summed E-state index contributed by atoms with van der Waals surface area (Å²) in [5.41, 5.74) is 1.47. The van der Waals surface area contributed by atoms with Gasteiger partial charge in [0.2, 0.25) is 10.0 Å². The third-order valence-corrected chi connectivity index (χ3v) is 5.15. The molecule has 0 unspecified atom stereocenters. The Hall–Kier alpha value is -2.62. The maximum atomic E-state index is 12.1. The van der Waals surface area contributed by atoms with Crippen molar-refractivity contribution in [1.82, 2.24) is 10.6 Å². The molecule has 2 rings (SSSR count). The van der Waals surface area contributed by atoms with Crippen LogP contribution >= 0.6 is 0 Å². The quantitative estimate of drug-likeness (QED) is 0.518. The number of rotatable bonds is 7. The van der Waals surface area contributed by atoms with E-state index in [4.69, 9.17) is 4.74 Å². The van der Waals surface area contributed by atoms with Crippen LogP contribution in [0.2, 0.25) is 0 Å². The smallest absolute Gasteiger partial charge is 0.338 e. The molecule has 1 heterocycles. The maximum absolute atomic E-state index is 12.1. The summed E-state index contributed by atoms with van der Waals surface area (Å²) in [4.78, 5) is 35.2. The highest BCUT2D eigenvalue weighted by molar-refractivity contribution is 7.92. The van der Waals surface area contributed by atoms with Crippen LogP contribution in [0.15, 0.2) is 18.2 Å². The van der Waals surface area contributed by atoms with Crippen molar-refractivity contribution in [2.75, 3.05) is 30.3 Å². The lowest BCUT2D eigenvalue weighted by Crippen LogP contribution is -2.41. The van der Waals surface area contributed by atoms with E-state index in [2.05, 4.69) is 10.6 Å². The van der Waals surface area contributed by atoms with Gasteiger partial charge in [0.05, 0.1) is 17.5 Å². The number of nitrogens with one attached hydrogen (secondary N) is 2. The Morgan fingerprint density at radius 1 is 1.26 bits per heavy atom. The van der Waals surface area contributed by atoms with Crippen molar-refractivity contribution in [3.05, 3.63) is 29.3 Å². The van der Waals surface area contributed by atoms with Gasteiger partial charge in [-0.25, -0.2) is 18.0 Å². The second-order valence-corrected chi connectivity index (χ2v) is 8.07. The Morgan fingerprint density at radius 3 is 2.67 bits per heavy atom. The number of carbonyl (C=O) groups is 3. The number of hydrogen-bond donors (Lipinski definition) is 2. The van der Waals surface area contributed by atoms with Gasteiger partial charge in [-0.05, 0) is 36.6 Å². The van der Waals surface area contributed by atoms with Crippen molar-refractivity contribution in [2.24, 2.45) is 0 Å². The van der Waals surface area contributed by atoms with E-state index < -0.39 is 34.5 Å². The van der Waals surface area contributed by atoms with Crippen molar-refractivity contribution in [3.8, 4) is 0 Å². The van der Waals surface area contributed by atoms with Crippen LogP contribution in [0.4, 0.5) is 10.5 Å². The fourth-order valence-corrected chi connectivity index (χ4v) is 3.60. The second kappa shape index (κ2) is 8.85. The van der Waals surface area contributed by atoms with Gasteiger partial charge in [0.1, 0.15) is 0 Å². The molecule has 0 spiro atoms. The Bertz CT molecular complexity index is 837. The van der Waals surface area contributed by atoms with Crippen LogP contribution < -0.4 is 14.9 Å². The number of fused-ring (bicyclic) bond motifs is 1. The molecule has 0 radical (unpaired) electrons. The molecule has 0 saturated heterocycles. The van der Waals surface area contributed by atoms with E-state index in [-0.39, 0.29) is 5.56 Å². The molecule has 148 valence electrons. The van der Waals surface area contributed by atoms with E-state index in [1.54, 1.807) is 12.1 Å². The first kappa shape index (κ1) is 20.7. The second-order valence-electron chi connectivity index (χ2n) is 6.16. The van der Waals surface area contributed by atoms with Gasteiger partial charge in [0.15, 0.2) is 6.61 Å². The summed E-state index contributed by atoms with van der Waals surface area (Å²) in [6, 6.07) is 3.90. The molecule has 0 aromatic heterocycles. The largest absolute Gasteiger partial charge is 0.452 e. The van der Waals surface area contributed by atoms with E-state index >= 15 is 0 Å². The number of benzene rings is 1. The highest BCUT2D eigenvalue weighted by Gasteiger charge is 2.27. The number of urea groups is 1. The highest BCUT2D eigenvalue weighted by Crippen LogP contribution is 2.30. The van der Waals surface area contributed by atoms with Crippen molar-refractivity contribution >= 4 is 33.6 Å². The molecule has 10 heteroatoms. The number of ether oxygens (including phenoxy) is 1. The first-order valence-electron chi connectivity index (χ1n) is 8.57. The Kier molecular flexibility index (Phi) is 6.78. The number of nitrogens with zero attached hydrogens (tertiary/aromatic N) is 1. The Labute approximate surface area is 158 Å². The molecule has 0 bridgehead atoms. The number of sulfonamides is 1. The maximum Gasteiger partial charge on any atom is 0.338 e. The minimum atomic E-state index is -3.36. The van der Waals surface area contributed by atoms with Crippen molar-refractivity contribution < 1.29 is 27.5 Å². The molecular formula is C17H23N3O6S. The van der Waals surface area contributed by atoms with E-state index in [1.807, 2.05) is 6.92 Å². The molecule has 2 N–H and O–H groups in total. The van der Waals surface area contributed by atoms with E-state index in [0.29, 0.717) is 25.2 Å². The molecule has 1 aliphatic heterocycles. The fourth-order valence-electron chi connectivity index (χ4n) is 2.64. The molecule has 1 aromatic carbocycles. The first-order chi connectivity index (χ1) is 12.7. The normalized spacial score (nSPS) is 13.0. The summed E-state index contributed by atoms with van der Waals surface area (Å²) in [6.07, 6.45) is 3.32. The molecule has 1 aliphatic rings. The monoisotopic (exact) mass is 397 g/mol. The topological polar surface area (TPSA) is 122 Å². The SMILES string of the molecule is CCCCNC(=O)NC(=O)COC(=O)c1ccc2c(c1)CCN2S(C)(=O)=O. The van der Waals surface area contributed by atoms with Crippen LogP contribution in [-0.4, -0.2) is 52.3 Å². The summed E-state index contributed by atoms with van der Waals surface area (Å²) in [5, 5.41) is 4.58. The Balaban J connectivity index is 1.88. The van der Waals surface area contributed by atoms with Crippen LogP contribution in [0.25, 0.3) is 0 Å². The number of hydrogen-bond acceptors (Lipinski definition) is 6. The number of anilines is 1. The third-order valence-electron chi connectivity index (χ3n) is 3.97. The number of esters is 1.